The molecule has 0 fully saturated rings. The first-order chi connectivity index (χ1) is 7.04. The van der Waals surface area contributed by atoms with Gasteiger partial charge in [-0.05, 0) is 17.7 Å². The summed E-state index contributed by atoms with van der Waals surface area (Å²) in [6.07, 6.45) is -2.85. The van der Waals surface area contributed by atoms with Gasteiger partial charge in [0.1, 0.15) is 0 Å². The van der Waals surface area contributed by atoms with Gasteiger partial charge in [0.2, 0.25) is 6.43 Å². The molecule has 0 aromatic heterocycles. The Bertz CT molecular complexity index is 337. The van der Waals surface area contributed by atoms with E-state index in [-0.39, 0.29) is 23.9 Å². The van der Waals surface area contributed by atoms with Crippen molar-refractivity contribution >= 4 is 12.4 Å². The van der Waals surface area contributed by atoms with Gasteiger partial charge < -0.3 is 15.6 Å². The van der Waals surface area contributed by atoms with Crippen molar-refractivity contribution in [3.05, 3.63) is 23.8 Å². The molecule has 6 heteroatoms. The lowest BCUT2D eigenvalue weighted by Gasteiger charge is -2.13. The highest BCUT2D eigenvalue weighted by Gasteiger charge is 2.14. The normalized spacial score (nSPS) is 12.1. The molecule has 0 bridgehead atoms. The molecule has 1 atom stereocenters. The number of hydrogen-bond donors (Lipinski definition) is 2. The van der Waals surface area contributed by atoms with Gasteiger partial charge in [0.25, 0.3) is 0 Å². The summed E-state index contributed by atoms with van der Waals surface area (Å²) in [5.74, 6) is 0.197. The van der Waals surface area contributed by atoms with Gasteiger partial charge in [0, 0.05) is 12.5 Å². The standard InChI is InChI=1S/C10H13F2NO2.ClH/c1-15-9-4-6(2-3-8(9)14)7(13)5-10(11)12;/h2-4,7,10,14H,5,13H2,1H3;1H/t7-;/m0./s1. The summed E-state index contributed by atoms with van der Waals surface area (Å²) in [5, 5.41) is 9.28. The van der Waals surface area contributed by atoms with E-state index in [1.807, 2.05) is 0 Å². The van der Waals surface area contributed by atoms with E-state index >= 15 is 0 Å². The molecule has 1 rings (SSSR count). The summed E-state index contributed by atoms with van der Waals surface area (Å²) >= 11 is 0. The van der Waals surface area contributed by atoms with E-state index in [2.05, 4.69) is 0 Å². The Hall–Kier alpha value is -1.07. The average Bonchev–Trinajstić information content (AvgIpc) is 2.17. The van der Waals surface area contributed by atoms with Crippen molar-refractivity contribution in [3.63, 3.8) is 0 Å². The third kappa shape index (κ3) is 3.83. The molecule has 0 aliphatic heterocycles. The second-order valence-corrected chi connectivity index (χ2v) is 3.16. The van der Waals surface area contributed by atoms with E-state index in [0.29, 0.717) is 5.56 Å². The SMILES string of the molecule is COc1cc([C@@H](N)CC(F)F)ccc1O.Cl. The predicted octanol–water partition coefficient (Wildman–Crippen LogP) is 2.48. The van der Waals surface area contributed by atoms with Crippen molar-refractivity contribution < 1.29 is 18.6 Å². The van der Waals surface area contributed by atoms with E-state index in [1.165, 1.54) is 25.3 Å². The molecule has 3 nitrogen and oxygen atoms in total. The Morgan fingerprint density at radius 2 is 2.06 bits per heavy atom. The van der Waals surface area contributed by atoms with Crippen LogP contribution in [0.1, 0.15) is 18.0 Å². The first kappa shape index (κ1) is 14.9. The number of rotatable bonds is 4. The lowest BCUT2D eigenvalue weighted by atomic mass is 10.0. The maximum Gasteiger partial charge on any atom is 0.240 e. The molecular weight excluding hydrogens is 240 g/mol. The van der Waals surface area contributed by atoms with Gasteiger partial charge in [-0.25, -0.2) is 8.78 Å². The van der Waals surface area contributed by atoms with E-state index in [9.17, 15) is 13.9 Å². The molecule has 1 aromatic carbocycles. The summed E-state index contributed by atoms with van der Waals surface area (Å²) in [4.78, 5) is 0. The number of phenols is 1. The molecule has 1 aromatic rings. The van der Waals surface area contributed by atoms with Gasteiger partial charge in [-0.15, -0.1) is 12.4 Å². The number of hydrogen-bond acceptors (Lipinski definition) is 3. The van der Waals surface area contributed by atoms with Crippen LogP contribution in [0.25, 0.3) is 0 Å². The number of aromatic hydroxyl groups is 1. The first-order valence-electron chi connectivity index (χ1n) is 4.45. The molecule has 3 N–H and O–H groups in total. The van der Waals surface area contributed by atoms with Crippen LogP contribution in [-0.4, -0.2) is 18.6 Å². The molecule has 92 valence electrons. The number of methoxy groups -OCH3 is 1. The zero-order chi connectivity index (χ0) is 11.4. The van der Waals surface area contributed by atoms with Crippen LogP contribution in [0.4, 0.5) is 8.78 Å². The fourth-order valence-corrected chi connectivity index (χ4v) is 1.25. The number of alkyl halides is 2. The molecule has 0 unspecified atom stereocenters. The van der Waals surface area contributed by atoms with E-state index in [1.54, 1.807) is 0 Å². The smallest absolute Gasteiger partial charge is 0.240 e. The van der Waals surface area contributed by atoms with Crippen LogP contribution in [-0.2, 0) is 0 Å². The van der Waals surface area contributed by atoms with Crippen molar-refractivity contribution in [2.24, 2.45) is 5.73 Å². The van der Waals surface area contributed by atoms with Crippen molar-refractivity contribution in [1.29, 1.82) is 0 Å². The minimum absolute atomic E-state index is 0. The highest BCUT2D eigenvalue weighted by atomic mass is 35.5. The van der Waals surface area contributed by atoms with Crippen LogP contribution in [0.5, 0.6) is 11.5 Å². The second-order valence-electron chi connectivity index (χ2n) is 3.16. The summed E-state index contributed by atoms with van der Waals surface area (Å²) in [6, 6.07) is 3.59. The van der Waals surface area contributed by atoms with Crippen LogP contribution in [0.3, 0.4) is 0 Å². The van der Waals surface area contributed by atoms with Crippen LogP contribution < -0.4 is 10.5 Å². The lowest BCUT2D eigenvalue weighted by molar-refractivity contribution is 0.128. The molecule has 0 radical (unpaired) electrons. The third-order valence-corrected chi connectivity index (χ3v) is 2.06. The van der Waals surface area contributed by atoms with E-state index < -0.39 is 18.9 Å². The second kappa shape index (κ2) is 6.50. The molecule has 0 amide bonds. The zero-order valence-electron chi connectivity index (χ0n) is 8.69. The van der Waals surface area contributed by atoms with Crippen molar-refractivity contribution in [1.82, 2.24) is 0 Å². The van der Waals surface area contributed by atoms with E-state index in [0.717, 1.165) is 0 Å². The van der Waals surface area contributed by atoms with Crippen LogP contribution in [0, 0.1) is 0 Å². The maximum atomic E-state index is 12.1. The predicted molar refractivity (Wildman–Crippen MR) is 59.5 cm³/mol. The minimum atomic E-state index is -2.44. The van der Waals surface area contributed by atoms with Gasteiger partial charge in [-0.2, -0.15) is 0 Å². The van der Waals surface area contributed by atoms with Crippen molar-refractivity contribution in [3.8, 4) is 11.5 Å². The van der Waals surface area contributed by atoms with Gasteiger partial charge in [-0.3, -0.25) is 0 Å². The highest BCUT2D eigenvalue weighted by Crippen LogP contribution is 2.29. The largest absolute Gasteiger partial charge is 0.504 e. The molecule has 16 heavy (non-hydrogen) atoms. The molecular formula is C10H14ClF2NO2. The molecule has 0 heterocycles. The highest BCUT2D eigenvalue weighted by molar-refractivity contribution is 5.85. The molecule has 0 aliphatic rings. The lowest BCUT2D eigenvalue weighted by Crippen LogP contribution is -2.13. The van der Waals surface area contributed by atoms with Gasteiger partial charge in [0.05, 0.1) is 7.11 Å². The van der Waals surface area contributed by atoms with Crippen LogP contribution in [0.15, 0.2) is 18.2 Å². The fourth-order valence-electron chi connectivity index (χ4n) is 1.25. The molecule has 0 saturated carbocycles. The molecule has 0 saturated heterocycles. The topological polar surface area (TPSA) is 55.5 Å². The van der Waals surface area contributed by atoms with Crippen molar-refractivity contribution in [2.75, 3.05) is 7.11 Å². The number of ether oxygens (including phenoxy) is 1. The van der Waals surface area contributed by atoms with Gasteiger partial charge >= 0.3 is 0 Å². The van der Waals surface area contributed by atoms with Crippen LogP contribution >= 0.6 is 12.4 Å². The monoisotopic (exact) mass is 253 g/mol. The quantitative estimate of drug-likeness (QED) is 0.867. The first-order valence-corrected chi connectivity index (χ1v) is 4.45. The number of nitrogens with two attached hydrogens (primary N) is 1. The number of phenolic OH excluding ortho intramolecular Hbond substituents is 1. The van der Waals surface area contributed by atoms with Crippen LogP contribution in [0.2, 0.25) is 0 Å². The average molecular weight is 254 g/mol. The Kier molecular flexibility index (Phi) is 6.06. The van der Waals surface area contributed by atoms with Gasteiger partial charge in [-0.1, -0.05) is 6.07 Å². The molecule has 0 aliphatic carbocycles. The Morgan fingerprint density at radius 3 is 2.56 bits per heavy atom. The zero-order valence-corrected chi connectivity index (χ0v) is 9.51. The molecule has 0 spiro atoms. The Labute approximate surface area is 98.6 Å². The summed E-state index contributed by atoms with van der Waals surface area (Å²) in [6.45, 7) is 0. The maximum absolute atomic E-state index is 12.1. The fraction of sp³-hybridized carbons (Fsp3) is 0.400. The van der Waals surface area contributed by atoms with E-state index in [4.69, 9.17) is 10.5 Å². The number of halogens is 3. The summed E-state index contributed by atoms with van der Waals surface area (Å²) in [7, 11) is 1.39. The third-order valence-electron chi connectivity index (χ3n) is 2.06. The summed E-state index contributed by atoms with van der Waals surface area (Å²) in [5.41, 5.74) is 6.07. The van der Waals surface area contributed by atoms with Gasteiger partial charge in [0.15, 0.2) is 11.5 Å². The Balaban J connectivity index is 0.00000225. The summed E-state index contributed by atoms with van der Waals surface area (Å²) < 4.78 is 29.0. The Morgan fingerprint density at radius 1 is 1.44 bits per heavy atom. The van der Waals surface area contributed by atoms with Crippen molar-refractivity contribution in [2.45, 2.75) is 18.9 Å². The minimum Gasteiger partial charge on any atom is -0.504 e. The number of benzene rings is 1.